The van der Waals surface area contributed by atoms with E-state index >= 15 is 0 Å². The van der Waals surface area contributed by atoms with Crippen molar-refractivity contribution in [2.24, 2.45) is 5.10 Å². The zero-order valence-corrected chi connectivity index (χ0v) is 9.81. The predicted octanol–water partition coefficient (Wildman–Crippen LogP) is 2.43. The van der Waals surface area contributed by atoms with Gasteiger partial charge in [-0.1, -0.05) is 29.8 Å². The standard InChI is InChI=1S/C11H11ClN4/c1-8-14-15-9(2)16(8)13-7-10-5-3-4-6-11(10)12/h3-7H,1-2H3. The summed E-state index contributed by atoms with van der Waals surface area (Å²) in [5.74, 6) is 1.50. The van der Waals surface area contributed by atoms with Gasteiger partial charge in [-0.3, -0.25) is 0 Å². The van der Waals surface area contributed by atoms with Crippen LogP contribution in [-0.2, 0) is 0 Å². The molecule has 1 aromatic carbocycles. The molecular weight excluding hydrogens is 224 g/mol. The zero-order chi connectivity index (χ0) is 11.5. The van der Waals surface area contributed by atoms with Crippen LogP contribution in [0.25, 0.3) is 0 Å². The van der Waals surface area contributed by atoms with Crippen LogP contribution in [0.15, 0.2) is 29.4 Å². The Balaban J connectivity index is 2.32. The number of hydrogen-bond donors (Lipinski definition) is 0. The van der Waals surface area contributed by atoms with E-state index in [0.717, 1.165) is 17.2 Å². The maximum absolute atomic E-state index is 6.01. The third-order valence-electron chi connectivity index (χ3n) is 2.17. The average molecular weight is 235 g/mol. The fraction of sp³-hybridized carbons (Fsp3) is 0.182. The van der Waals surface area contributed by atoms with Crippen LogP contribution in [0.5, 0.6) is 0 Å². The third kappa shape index (κ3) is 2.12. The lowest BCUT2D eigenvalue weighted by Crippen LogP contribution is -1.96. The summed E-state index contributed by atoms with van der Waals surface area (Å²) in [5, 5.41) is 12.8. The summed E-state index contributed by atoms with van der Waals surface area (Å²) < 4.78 is 1.67. The Morgan fingerprint density at radius 1 is 1.19 bits per heavy atom. The lowest BCUT2D eigenvalue weighted by atomic mass is 10.2. The Labute approximate surface area is 98.6 Å². The smallest absolute Gasteiger partial charge is 0.151 e. The molecule has 0 saturated carbocycles. The van der Waals surface area contributed by atoms with Crippen LogP contribution in [-0.4, -0.2) is 21.1 Å². The Kier molecular flexibility index (Phi) is 3.01. The molecule has 2 aromatic rings. The number of benzene rings is 1. The quantitative estimate of drug-likeness (QED) is 0.749. The van der Waals surface area contributed by atoms with Gasteiger partial charge in [0, 0.05) is 10.6 Å². The van der Waals surface area contributed by atoms with Crippen LogP contribution in [0.4, 0.5) is 0 Å². The molecule has 0 bridgehead atoms. The van der Waals surface area contributed by atoms with Gasteiger partial charge >= 0.3 is 0 Å². The molecule has 0 aliphatic heterocycles. The van der Waals surface area contributed by atoms with Gasteiger partial charge < -0.3 is 0 Å². The van der Waals surface area contributed by atoms with Crippen LogP contribution in [0.3, 0.4) is 0 Å². The van der Waals surface area contributed by atoms with Crippen LogP contribution in [0.2, 0.25) is 5.02 Å². The molecule has 0 amide bonds. The molecule has 1 aromatic heterocycles. The summed E-state index contributed by atoms with van der Waals surface area (Å²) in [6, 6.07) is 7.53. The fourth-order valence-corrected chi connectivity index (χ4v) is 1.51. The Morgan fingerprint density at radius 2 is 1.81 bits per heavy atom. The second kappa shape index (κ2) is 4.45. The number of aromatic nitrogens is 3. The molecule has 0 unspecified atom stereocenters. The lowest BCUT2D eigenvalue weighted by molar-refractivity contribution is 0.799. The van der Waals surface area contributed by atoms with Crippen LogP contribution in [0, 0.1) is 13.8 Å². The minimum Gasteiger partial charge on any atom is -0.202 e. The Bertz CT molecular complexity index is 511. The highest BCUT2D eigenvalue weighted by Crippen LogP contribution is 2.12. The van der Waals surface area contributed by atoms with Gasteiger partial charge in [-0.25, -0.2) is 4.68 Å². The molecule has 5 heteroatoms. The van der Waals surface area contributed by atoms with Gasteiger partial charge in [0.2, 0.25) is 0 Å². The van der Waals surface area contributed by atoms with Crippen molar-refractivity contribution in [3.05, 3.63) is 46.5 Å². The number of rotatable bonds is 2. The van der Waals surface area contributed by atoms with E-state index in [4.69, 9.17) is 11.6 Å². The summed E-state index contributed by atoms with van der Waals surface area (Å²) in [6.45, 7) is 3.70. The zero-order valence-electron chi connectivity index (χ0n) is 9.05. The summed E-state index contributed by atoms with van der Waals surface area (Å²) in [7, 11) is 0. The van der Waals surface area contributed by atoms with Crippen molar-refractivity contribution in [3.63, 3.8) is 0 Å². The van der Waals surface area contributed by atoms with Crippen molar-refractivity contribution in [2.45, 2.75) is 13.8 Å². The number of aryl methyl sites for hydroxylation is 2. The molecule has 82 valence electrons. The minimum atomic E-state index is 0.676. The van der Waals surface area contributed by atoms with Crippen molar-refractivity contribution in [3.8, 4) is 0 Å². The van der Waals surface area contributed by atoms with Gasteiger partial charge in [-0.2, -0.15) is 5.10 Å². The van der Waals surface area contributed by atoms with Crippen molar-refractivity contribution in [1.82, 2.24) is 14.9 Å². The molecule has 0 saturated heterocycles. The molecule has 0 radical (unpaired) electrons. The van der Waals surface area contributed by atoms with Crippen LogP contribution >= 0.6 is 11.6 Å². The normalized spacial score (nSPS) is 11.2. The second-order valence-electron chi connectivity index (χ2n) is 3.37. The average Bonchev–Trinajstić information content (AvgIpc) is 2.58. The highest BCUT2D eigenvalue weighted by molar-refractivity contribution is 6.33. The maximum atomic E-state index is 6.01. The molecule has 0 fully saturated rings. The van der Waals surface area contributed by atoms with Crippen molar-refractivity contribution >= 4 is 17.8 Å². The Hall–Kier alpha value is -1.68. The number of hydrogen-bond acceptors (Lipinski definition) is 3. The second-order valence-corrected chi connectivity index (χ2v) is 3.78. The van der Waals surface area contributed by atoms with E-state index in [1.807, 2.05) is 38.1 Å². The fourth-order valence-electron chi connectivity index (χ4n) is 1.33. The summed E-state index contributed by atoms with van der Waals surface area (Å²) >= 11 is 6.01. The molecule has 0 spiro atoms. The van der Waals surface area contributed by atoms with E-state index in [1.54, 1.807) is 10.9 Å². The van der Waals surface area contributed by atoms with Gasteiger partial charge in [-0.15, -0.1) is 10.2 Å². The van der Waals surface area contributed by atoms with Gasteiger partial charge in [0.15, 0.2) is 11.6 Å². The van der Waals surface area contributed by atoms with Crippen molar-refractivity contribution < 1.29 is 0 Å². The maximum Gasteiger partial charge on any atom is 0.151 e. The Morgan fingerprint density at radius 3 is 2.44 bits per heavy atom. The van der Waals surface area contributed by atoms with Gasteiger partial charge in [-0.05, 0) is 19.9 Å². The number of halogens is 1. The molecule has 4 nitrogen and oxygen atoms in total. The van der Waals surface area contributed by atoms with E-state index in [-0.39, 0.29) is 0 Å². The molecule has 0 N–H and O–H groups in total. The minimum absolute atomic E-state index is 0.676. The highest BCUT2D eigenvalue weighted by Gasteiger charge is 2.01. The lowest BCUT2D eigenvalue weighted by Gasteiger charge is -1.98. The first-order valence-corrected chi connectivity index (χ1v) is 5.24. The van der Waals surface area contributed by atoms with E-state index in [0.29, 0.717) is 5.02 Å². The summed E-state index contributed by atoms with van der Waals surface area (Å²) in [6.07, 6.45) is 1.70. The van der Waals surface area contributed by atoms with Crippen molar-refractivity contribution in [2.75, 3.05) is 0 Å². The SMILES string of the molecule is Cc1nnc(C)n1N=Cc1ccccc1Cl. The van der Waals surface area contributed by atoms with Crippen LogP contribution < -0.4 is 0 Å². The van der Waals surface area contributed by atoms with Gasteiger partial charge in [0.25, 0.3) is 0 Å². The van der Waals surface area contributed by atoms with E-state index < -0.39 is 0 Å². The van der Waals surface area contributed by atoms with E-state index in [2.05, 4.69) is 15.3 Å². The molecule has 0 atom stereocenters. The molecule has 0 aliphatic rings. The molecule has 1 heterocycles. The highest BCUT2D eigenvalue weighted by atomic mass is 35.5. The first-order valence-electron chi connectivity index (χ1n) is 4.86. The summed E-state index contributed by atoms with van der Waals surface area (Å²) in [4.78, 5) is 0. The first kappa shape index (κ1) is 10.8. The first-order chi connectivity index (χ1) is 7.68. The molecule has 2 rings (SSSR count). The number of nitrogens with zero attached hydrogens (tertiary/aromatic N) is 4. The predicted molar refractivity (Wildman–Crippen MR) is 63.9 cm³/mol. The molecule has 16 heavy (non-hydrogen) atoms. The van der Waals surface area contributed by atoms with Gasteiger partial charge in [0.05, 0.1) is 6.21 Å². The van der Waals surface area contributed by atoms with Crippen molar-refractivity contribution in [1.29, 1.82) is 0 Å². The topological polar surface area (TPSA) is 43.1 Å². The molecular formula is C11H11ClN4. The largest absolute Gasteiger partial charge is 0.202 e. The molecule has 0 aliphatic carbocycles. The third-order valence-corrected chi connectivity index (χ3v) is 2.51. The van der Waals surface area contributed by atoms with Crippen LogP contribution in [0.1, 0.15) is 17.2 Å². The monoisotopic (exact) mass is 234 g/mol. The van der Waals surface area contributed by atoms with E-state index in [9.17, 15) is 0 Å². The van der Waals surface area contributed by atoms with E-state index in [1.165, 1.54) is 0 Å². The summed E-state index contributed by atoms with van der Waals surface area (Å²) in [5.41, 5.74) is 0.872. The van der Waals surface area contributed by atoms with Gasteiger partial charge in [0.1, 0.15) is 0 Å².